The van der Waals surface area contributed by atoms with E-state index in [1.165, 1.54) is 0 Å². The Kier molecular flexibility index (Phi) is 10.4. The van der Waals surface area contributed by atoms with Crippen LogP contribution in [0, 0.1) is 11.6 Å². The van der Waals surface area contributed by atoms with Crippen LogP contribution in [0.3, 0.4) is 0 Å². The molecule has 12 rings (SSSR count). The predicted octanol–water partition coefficient (Wildman–Crippen LogP) is 18.5. The van der Waals surface area contributed by atoms with Crippen LogP contribution in [0.4, 0.5) is 42.9 Å². The first-order valence-electron chi connectivity index (χ1n) is 23.2. The van der Waals surface area contributed by atoms with E-state index < -0.39 is 0 Å². The van der Waals surface area contributed by atoms with Gasteiger partial charge in [0.1, 0.15) is 11.6 Å². The van der Waals surface area contributed by atoms with E-state index in [0.29, 0.717) is 11.4 Å². The first-order valence-corrected chi connectivity index (χ1v) is 23.2. The molecule has 324 valence electrons. The summed E-state index contributed by atoms with van der Waals surface area (Å²) in [6.07, 6.45) is 8.10. The summed E-state index contributed by atoms with van der Waals surface area (Å²) in [5, 5.41) is 6.14. The van der Waals surface area contributed by atoms with Crippen molar-refractivity contribution in [3.63, 3.8) is 0 Å². The van der Waals surface area contributed by atoms with Crippen LogP contribution in [0.15, 0.2) is 243 Å². The van der Waals surface area contributed by atoms with Gasteiger partial charge in [0.05, 0.1) is 22.7 Å². The number of para-hydroxylation sites is 2. The number of anilines is 6. The lowest BCUT2D eigenvalue weighted by Crippen LogP contribution is -2.15. The molecule has 0 bridgehead atoms. The summed E-state index contributed by atoms with van der Waals surface area (Å²) in [5.74, 6) is -0.638. The zero-order valence-corrected chi connectivity index (χ0v) is 37.2. The van der Waals surface area contributed by atoms with Gasteiger partial charge in [-0.15, -0.1) is 0 Å². The molecule has 0 saturated heterocycles. The lowest BCUT2D eigenvalue weighted by molar-refractivity contribution is 0.628. The van der Waals surface area contributed by atoms with Crippen molar-refractivity contribution >= 4 is 72.0 Å². The van der Waals surface area contributed by atoms with Gasteiger partial charge in [0, 0.05) is 33.3 Å². The average Bonchev–Trinajstić information content (AvgIpc) is 3.41. The molecule has 1 aliphatic rings. The number of allylic oxidation sites excluding steroid dienone is 4. The second-order valence-corrected chi connectivity index (χ2v) is 17.4. The summed E-state index contributed by atoms with van der Waals surface area (Å²) in [7, 11) is 0. The van der Waals surface area contributed by atoms with Crippen LogP contribution in [-0.2, 0) is 0 Å². The van der Waals surface area contributed by atoms with Gasteiger partial charge in [-0.2, -0.15) is 0 Å². The van der Waals surface area contributed by atoms with Crippen LogP contribution in [0.25, 0.3) is 71.3 Å². The quantitative estimate of drug-likeness (QED) is 0.126. The van der Waals surface area contributed by atoms with E-state index in [9.17, 15) is 0 Å². The number of hydrogen-bond acceptors (Lipinski definition) is 2. The molecule has 0 atom stereocenters. The highest BCUT2D eigenvalue weighted by molar-refractivity contribution is 6.28. The molecule has 0 unspecified atom stereocenters. The smallest absolute Gasteiger partial charge is 0.148 e. The van der Waals surface area contributed by atoms with Gasteiger partial charge < -0.3 is 9.80 Å². The summed E-state index contributed by atoms with van der Waals surface area (Å²) in [5.41, 5.74) is 11.5. The van der Waals surface area contributed by atoms with Gasteiger partial charge >= 0.3 is 0 Å². The molecule has 0 aromatic heterocycles. The van der Waals surface area contributed by atoms with Gasteiger partial charge in [-0.1, -0.05) is 182 Å². The van der Waals surface area contributed by atoms with Gasteiger partial charge in [0.2, 0.25) is 0 Å². The van der Waals surface area contributed by atoms with Gasteiger partial charge in [-0.05, 0) is 128 Å². The molecule has 0 heterocycles. The zero-order valence-electron chi connectivity index (χ0n) is 37.2. The maximum absolute atomic E-state index is 17.6. The Labute approximate surface area is 395 Å². The topological polar surface area (TPSA) is 6.48 Å². The van der Waals surface area contributed by atoms with Crippen LogP contribution in [0.5, 0.6) is 0 Å². The molecule has 0 aliphatic heterocycles. The summed E-state index contributed by atoms with van der Waals surface area (Å²) in [6.45, 7) is 0. The summed E-state index contributed by atoms with van der Waals surface area (Å²) in [6, 6.07) is 75.2. The zero-order chi connectivity index (χ0) is 45.6. The Balaban J connectivity index is 1.11. The van der Waals surface area contributed by atoms with E-state index in [2.05, 4.69) is 101 Å². The van der Waals surface area contributed by atoms with Crippen molar-refractivity contribution < 1.29 is 8.78 Å². The van der Waals surface area contributed by atoms with E-state index in [1.54, 1.807) is 12.1 Å². The number of rotatable bonds is 10. The highest BCUT2D eigenvalue weighted by Gasteiger charge is 2.28. The van der Waals surface area contributed by atoms with Crippen molar-refractivity contribution in [2.24, 2.45) is 0 Å². The number of benzene rings is 11. The van der Waals surface area contributed by atoms with E-state index >= 15 is 8.78 Å². The molecule has 0 N–H and O–H groups in total. The molecule has 0 radical (unpaired) electrons. The maximum atomic E-state index is 17.6. The Morgan fingerprint density at radius 2 is 0.779 bits per heavy atom. The van der Waals surface area contributed by atoms with Crippen molar-refractivity contribution in [1.29, 1.82) is 0 Å². The molecular formula is C64H44F2N2. The fourth-order valence-electron chi connectivity index (χ4n) is 10.2. The van der Waals surface area contributed by atoms with E-state index in [0.717, 1.165) is 112 Å². The fourth-order valence-corrected chi connectivity index (χ4v) is 10.2. The second kappa shape index (κ2) is 17.3. The van der Waals surface area contributed by atoms with E-state index in [4.69, 9.17) is 0 Å². The highest BCUT2D eigenvalue weighted by Crippen LogP contribution is 2.51. The molecule has 0 spiro atoms. The van der Waals surface area contributed by atoms with E-state index in [-0.39, 0.29) is 11.6 Å². The van der Waals surface area contributed by atoms with Crippen LogP contribution in [0.1, 0.15) is 18.4 Å². The van der Waals surface area contributed by atoms with Crippen LogP contribution in [0.2, 0.25) is 0 Å². The Morgan fingerprint density at radius 3 is 1.24 bits per heavy atom. The van der Waals surface area contributed by atoms with Crippen molar-refractivity contribution in [3.8, 4) is 33.4 Å². The molecule has 2 nitrogen and oxygen atoms in total. The third kappa shape index (κ3) is 7.19. The summed E-state index contributed by atoms with van der Waals surface area (Å²) in [4.78, 5) is 4.17. The third-order valence-electron chi connectivity index (χ3n) is 13.4. The van der Waals surface area contributed by atoms with Crippen LogP contribution in [-0.4, -0.2) is 0 Å². The fraction of sp³-hybridized carbons (Fsp3) is 0.0312. The lowest BCUT2D eigenvalue weighted by atomic mass is 9.90. The number of nitrogens with zero attached hydrogens (tertiary/aromatic N) is 2. The Hall–Kier alpha value is -8.60. The molecule has 0 amide bonds. The van der Waals surface area contributed by atoms with Gasteiger partial charge in [-0.25, -0.2) is 8.78 Å². The SMILES string of the molecule is Fc1cc(C2=CC=CCC2)cc(-c2ccccc2)c1N(c1ccccc1)c1ccc2ccc3c(N(c4ccccc4)c4c(F)cc(-c5ccccc5)cc4-c4ccccc4)ccc4ccc1c2c43. The largest absolute Gasteiger partial charge is 0.307 e. The van der Waals surface area contributed by atoms with E-state index in [1.807, 2.05) is 140 Å². The molecular weight excluding hydrogens is 835 g/mol. The van der Waals surface area contributed by atoms with Crippen molar-refractivity contribution in [1.82, 2.24) is 0 Å². The molecule has 4 heteroatoms. The molecule has 11 aromatic carbocycles. The minimum atomic E-state index is -0.334. The van der Waals surface area contributed by atoms with Gasteiger partial charge in [-0.3, -0.25) is 0 Å². The number of hydrogen-bond donors (Lipinski definition) is 0. The summed E-state index contributed by atoms with van der Waals surface area (Å²) < 4.78 is 35.2. The van der Waals surface area contributed by atoms with Gasteiger partial charge in [0.15, 0.2) is 0 Å². The third-order valence-corrected chi connectivity index (χ3v) is 13.4. The molecule has 68 heavy (non-hydrogen) atoms. The Morgan fingerprint density at radius 1 is 0.368 bits per heavy atom. The van der Waals surface area contributed by atoms with Crippen molar-refractivity contribution in [2.45, 2.75) is 12.8 Å². The molecule has 0 fully saturated rings. The van der Waals surface area contributed by atoms with Crippen LogP contribution >= 0.6 is 0 Å². The monoisotopic (exact) mass is 878 g/mol. The molecule has 11 aromatic rings. The second-order valence-electron chi connectivity index (χ2n) is 17.4. The summed E-state index contributed by atoms with van der Waals surface area (Å²) >= 11 is 0. The van der Waals surface area contributed by atoms with Crippen LogP contribution < -0.4 is 9.80 Å². The number of halogens is 2. The normalized spacial score (nSPS) is 12.5. The Bertz CT molecular complexity index is 3680. The highest BCUT2D eigenvalue weighted by atomic mass is 19.1. The maximum Gasteiger partial charge on any atom is 0.148 e. The first kappa shape index (κ1) is 40.9. The lowest BCUT2D eigenvalue weighted by Gasteiger charge is -2.31. The minimum absolute atomic E-state index is 0.304. The predicted molar refractivity (Wildman–Crippen MR) is 282 cm³/mol. The van der Waals surface area contributed by atoms with Crippen molar-refractivity contribution in [2.75, 3.05) is 9.80 Å². The van der Waals surface area contributed by atoms with Crippen molar-refractivity contribution in [3.05, 3.63) is 260 Å². The molecule has 1 aliphatic carbocycles. The standard InChI is InChI=1S/C64H44F2N2/c65-57-41-49(43-19-7-1-8-20-43)39-55(45-23-11-3-12-24-45)63(57)67(51-27-15-5-16-28-51)59-37-33-47-32-36-54-60(38-34-48-31-35-53(59)61(47)62(48)54)68(52-29-17-6-18-30-52)64-56(46-25-13-4-14-26-46)40-50(42-58(64)66)44-21-9-2-10-22-44/h1-9,11-21,23-42H,10,22H2. The van der Waals surface area contributed by atoms with Gasteiger partial charge in [0.25, 0.3) is 0 Å². The first-order chi connectivity index (χ1) is 33.6. The molecule has 0 saturated carbocycles. The average molecular weight is 879 g/mol. The minimum Gasteiger partial charge on any atom is -0.307 e.